The van der Waals surface area contributed by atoms with E-state index in [1.54, 1.807) is 0 Å². The number of carbonyl (C=O) groups is 2. The van der Waals surface area contributed by atoms with Gasteiger partial charge in [0.05, 0.1) is 25.2 Å². The number of hydrogen-bond donors (Lipinski definition) is 3. The topological polar surface area (TPSA) is 95.9 Å². The molecule has 3 N–H and O–H groups in total. The van der Waals surface area contributed by atoms with Gasteiger partial charge in [0.2, 0.25) is 5.91 Å². The molecule has 6 heteroatoms. The molecular weight excluding hydrogens is 755 g/mol. The number of unbranched alkanes of at least 4 members (excludes halogenated alkanes) is 23. The molecule has 0 aliphatic heterocycles. The number of allylic oxidation sites excluding steroid dienone is 14. The van der Waals surface area contributed by atoms with Crippen LogP contribution in [0.15, 0.2) is 85.1 Å². The second-order valence-corrected chi connectivity index (χ2v) is 17.0. The normalized spacial score (nSPS) is 14.0. The van der Waals surface area contributed by atoms with Crippen LogP contribution in [0.3, 0.4) is 0 Å². The summed E-state index contributed by atoms with van der Waals surface area (Å²) in [6, 6.07) is -0.729. The predicted octanol–water partition coefficient (Wildman–Crippen LogP) is 15.2. The van der Waals surface area contributed by atoms with Crippen LogP contribution in [0.2, 0.25) is 0 Å². The minimum Gasteiger partial charge on any atom is -0.462 e. The molecular formula is C55H95NO5. The third-order valence-corrected chi connectivity index (χ3v) is 11.1. The molecule has 0 bridgehead atoms. The summed E-state index contributed by atoms with van der Waals surface area (Å²) in [6.45, 7) is 6.30. The zero-order valence-electron chi connectivity index (χ0n) is 39.8. The summed E-state index contributed by atoms with van der Waals surface area (Å²) in [5.41, 5.74) is 0. The third-order valence-electron chi connectivity index (χ3n) is 11.1. The Hall–Kier alpha value is -2.96. The highest BCUT2D eigenvalue weighted by atomic mass is 16.5. The molecule has 0 radical (unpaired) electrons. The number of carbonyl (C=O) groups excluding carboxylic acids is 2. The lowest BCUT2D eigenvalue weighted by atomic mass is 10.0. The summed E-state index contributed by atoms with van der Waals surface area (Å²) < 4.78 is 5.88. The fourth-order valence-corrected chi connectivity index (χ4v) is 7.27. The maximum absolute atomic E-state index is 13.2. The summed E-state index contributed by atoms with van der Waals surface area (Å²) in [5, 5.41) is 23.7. The maximum atomic E-state index is 13.2. The van der Waals surface area contributed by atoms with Crippen LogP contribution in [-0.2, 0) is 14.3 Å². The minimum absolute atomic E-state index is 0.0233. The van der Waals surface area contributed by atoms with Crippen molar-refractivity contribution in [2.24, 2.45) is 0 Å². The van der Waals surface area contributed by atoms with E-state index in [1.165, 1.54) is 109 Å². The fourth-order valence-electron chi connectivity index (χ4n) is 7.27. The summed E-state index contributed by atoms with van der Waals surface area (Å²) in [6.07, 6.45) is 62.1. The monoisotopic (exact) mass is 850 g/mol. The van der Waals surface area contributed by atoms with Gasteiger partial charge in [0.15, 0.2) is 0 Å². The second-order valence-electron chi connectivity index (χ2n) is 17.0. The zero-order chi connectivity index (χ0) is 44.5. The van der Waals surface area contributed by atoms with Gasteiger partial charge in [-0.05, 0) is 64.2 Å². The average molecular weight is 850 g/mol. The number of esters is 1. The van der Waals surface area contributed by atoms with Gasteiger partial charge in [-0.3, -0.25) is 9.59 Å². The largest absolute Gasteiger partial charge is 0.462 e. The van der Waals surface area contributed by atoms with Crippen LogP contribution in [0, 0.1) is 0 Å². The van der Waals surface area contributed by atoms with Crippen LogP contribution >= 0.6 is 0 Å². The van der Waals surface area contributed by atoms with Gasteiger partial charge < -0.3 is 20.3 Å². The van der Waals surface area contributed by atoms with Crippen molar-refractivity contribution in [3.05, 3.63) is 85.1 Å². The quantitative estimate of drug-likeness (QED) is 0.0322. The number of ether oxygens (including phenoxy) is 1. The maximum Gasteiger partial charge on any atom is 0.306 e. The van der Waals surface area contributed by atoms with Gasteiger partial charge >= 0.3 is 5.97 Å². The lowest BCUT2D eigenvalue weighted by Gasteiger charge is -2.24. The average Bonchev–Trinajstić information content (AvgIpc) is 3.25. The third kappa shape index (κ3) is 43.5. The molecule has 0 aromatic heterocycles. The van der Waals surface area contributed by atoms with Gasteiger partial charge in [-0.1, -0.05) is 234 Å². The van der Waals surface area contributed by atoms with Crippen molar-refractivity contribution in [3.63, 3.8) is 0 Å². The van der Waals surface area contributed by atoms with Crippen LogP contribution in [0.5, 0.6) is 0 Å². The van der Waals surface area contributed by atoms with E-state index in [4.69, 9.17) is 4.74 Å². The first-order chi connectivity index (χ1) is 30.0. The van der Waals surface area contributed by atoms with Crippen LogP contribution in [0.25, 0.3) is 0 Å². The van der Waals surface area contributed by atoms with E-state index in [9.17, 15) is 19.8 Å². The number of hydrogen-bond acceptors (Lipinski definition) is 5. The van der Waals surface area contributed by atoms with Crippen molar-refractivity contribution in [2.75, 3.05) is 6.61 Å². The Bertz CT molecular complexity index is 1180. The number of aliphatic hydroxyl groups is 2. The van der Waals surface area contributed by atoms with E-state index in [2.05, 4.69) is 68.6 Å². The van der Waals surface area contributed by atoms with Gasteiger partial charge in [-0.2, -0.15) is 0 Å². The van der Waals surface area contributed by atoms with Crippen molar-refractivity contribution in [3.8, 4) is 0 Å². The Balaban J connectivity index is 4.74. The van der Waals surface area contributed by atoms with Gasteiger partial charge in [-0.25, -0.2) is 0 Å². The molecule has 0 aromatic carbocycles. The van der Waals surface area contributed by atoms with Crippen LogP contribution in [0.4, 0.5) is 0 Å². The number of aliphatic hydroxyl groups excluding tert-OH is 2. The zero-order valence-corrected chi connectivity index (χ0v) is 39.8. The smallest absolute Gasteiger partial charge is 0.306 e. The van der Waals surface area contributed by atoms with Crippen molar-refractivity contribution in [1.82, 2.24) is 5.32 Å². The van der Waals surface area contributed by atoms with Crippen LogP contribution in [0.1, 0.15) is 226 Å². The van der Waals surface area contributed by atoms with Crippen molar-refractivity contribution in [1.29, 1.82) is 0 Å². The molecule has 0 rings (SSSR count). The molecule has 350 valence electrons. The van der Waals surface area contributed by atoms with Crippen molar-refractivity contribution >= 4 is 11.9 Å². The molecule has 3 atom stereocenters. The molecule has 3 unspecified atom stereocenters. The van der Waals surface area contributed by atoms with Gasteiger partial charge in [0.25, 0.3) is 0 Å². The molecule has 6 nitrogen and oxygen atoms in total. The lowest BCUT2D eigenvalue weighted by molar-refractivity contribution is -0.151. The molecule has 0 heterocycles. The van der Waals surface area contributed by atoms with Crippen molar-refractivity contribution < 1.29 is 24.5 Å². The fraction of sp³-hybridized carbons (Fsp3) is 0.709. The first kappa shape index (κ1) is 58.0. The molecule has 0 spiro atoms. The van der Waals surface area contributed by atoms with Crippen LogP contribution in [-0.4, -0.2) is 46.9 Å². The predicted molar refractivity (Wildman–Crippen MR) is 264 cm³/mol. The lowest BCUT2D eigenvalue weighted by Crippen LogP contribution is -2.46. The second kappa shape index (κ2) is 48.1. The highest BCUT2D eigenvalue weighted by Gasteiger charge is 2.24. The molecule has 0 saturated carbocycles. The summed E-state index contributed by atoms with van der Waals surface area (Å²) in [5.74, 6) is -0.575. The molecule has 0 saturated heterocycles. The van der Waals surface area contributed by atoms with Gasteiger partial charge in [0.1, 0.15) is 6.10 Å². The van der Waals surface area contributed by atoms with E-state index in [0.29, 0.717) is 19.3 Å². The standard InChI is InChI=1S/C55H95NO5/c1-4-7-10-13-16-19-22-25-27-30-33-36-39-42-45-48-55(60)61-51(46-43-40-37-34-31-29-26-23-20-17-14-11-8-5-2)49-54(59)56-52(50-57)53(58)47-44-41-38-35-32-28-24-21-18-15-12-9-6-3/h7,10,13,16,19,22,25,27,29-31,33-34,37,51-53,57-58H,4-6,8-9,11-12,14-15,17-18,20-21,23-24,26,28,32,35-36,38-50H2,1-3H3,(H,56,59)/b10-7+,16-13+,22-19-,27-25-,31-29+,33-30+,37-34+. The van der Waals surface area contributed by atoms with E-state index in [1.807, 2.05) is 42.5 Å². The minimum atomic E-state index is -0.810. The Labute approximate surface area is 376 Å². The Kier molecular flexibility index (Phi) is 45.7. The first-order valence-electron chi connectivity index (χ1n) is 25.4. The SMILES string of the molecule is CC/C=C/C=C/C=C\C=C/C=C/CCCCCC(=O)OC(CCC/C=C/C=C/CCCCCCCCC)CC(=O)NC(CO)C(O)CCCCCCCCCCCCCCC. The number of nitrogens with one attached hydrogen (secondary N) is 1. The Morgan fingerprint density at radius 2 is 0.902 bits per heavy atom. The summed E-state index contributed by atoms with van der Waals surface area (Å²) in [4.78, 5) is 26.1. The summed E-state index contributed by atoms with van der Waals surface area (Å²) in [7, 11) is 0. The Morgan fingerprint density at radius 3 is 1.39 bits per heavy atom. The molecule has 0 aliphatic rings. The van der Waals surface area contributed by atoms with E-state index in [-0.39, 0.29) is 24.9 Å². The summed E-state index contributed by atoms with van der Waals surface area (Å²) >= 11 is 0. The molecule has 0 fully saturated rings. The van der Waals surface area contributed by atoms with E-state index in [0.717, 1.165) is 70.6 Å². The Morgan fingerprint density at radius 1 is 0.492 bits per heavy atom. The van der Waals surface area contributed by atoms with Gasteiger partial charge in [-0.15, -0.1) is 0 Å². The number of amides is 1. The molecule has 61 heavy (non-hydrogen) atoms. The highest BCUT2D eigenvalue weighted by molar-refractivity contribution is 5.77. The van der Waals surface area contributed by atoms with Gasteiger partial charge in [0, 0.05) is 6.42 Å². The highest BCUT2D eigenvalue weighted by Crippen LogP contribution is 2.16. The van der Waals surface area contributed by atoms with E-state index < -0.39 is 18.2 Å². The van der Waals surface area contributed by atoms with Crippen LogP contribution < -0.4 is 5.32 Å². The molecule has 0 aliphatic carbocycles. The van der Waals surface area contributed by atoms with Crippen molar-refractivity contribution in [2.45, 2.75) is 244 Å². The first-order valence-corrected chi connectivity index (χ1v) is 25.4. The van der Waals surface area contributed by atoms with E-state index >= 15 is 0 Å². The molecule has 0 aromatic rings. The molecule has 1 amide bonds. The number of rotatable bonds is 44.